The first-order valence-corrected chi connectivity index (χ1v) is 6.83. The van der Waals surface area contributed by atoms with Crippen LogP contribution in [0, 0.1) is 12.8 Å². The molecule has 6 heteroatoms. The number of carboxylic acids is 1. The van der Waals surface area contributed by atoms with Gasteiger partial charge in [0.1, 0.15) is 11.6 Å². The van der Waals surface area contributed by atoms with E-state index in [4.69, 9.17) is 4.42 Å². The van der Waals surface area contributed by atoms with Crippen LogP contribution in [0.25, 0.3) is 11.1 Å². The molecule has 2 aromatic rings. The van der Waals surface area contributed by atoms with E-state index in [1.54, 1.807) is 19.1 Å². The summed E-state index contributed by atoms with van der Waals surface area (Å²) in [6.45, 7) is 5.50. The van der Waals surface area contributed by atoms with E-state index in [0.717, 1.165) is 5.69 Å². The number of nitrogens with zero attached hydrogens (tertiary/aromatic N) is 1. The lowest BCUT2D eigenvalue weighted by atomic mass is 9.99. The monoisotopic (exact) mass is 290 g/mol. The van der Waals surface area contributed by atoms with Gasteiger partial charge in [0.05, 0.1) is 0 Å². The lowest BCUT2D eigenvalue weighted by molar-refractivity contribution is -0.140. The van der Waals surface area contributed by atoms with E-state index in [-0.39, 0.29) is 11.7 Å². The molecule has 0 aliphatic heterocycles. The largest absolute Gasteiger partial charge is 0.480 e. The molecule has 0 aliphatic rings. The Bertz CT molecular complexity index is 677. The molecule has 2 N–H and O–H groups in total. The molecule has 0 aliphatic carbocycles. The van der Waals surface area contributed by atoms with Crippen LogP contribution in [0.5, 0.6) is 0 Å². The quantitative estimate of drug-likeness (QED) is 0.881. The third-order valence-corrected chi connectivity index (χ3v) is 3.50. The standard InChI is InChI=1S/C15H18N2O4/c1-4-8(2)13(15(19)20)17-14(18)12-7-10-11(21-12)6-5-9(3)16-10/h5-8,13H,4H2,1-3H3,(H,17,18)(H,19,20)/t8-,13-/m0/s1. The number of aliphatic carboxylic acids is 1. The van der Waals surface area contributed by atoms with E-state index in [2.05, 4.69) is 10.3 Å². The van der Waals surface area contributed by atoms with Gasteiger partial charge in [0.2, 0.25) is 0 Å². The smallest absolute Gasteiger partial charge is 0.326 e. The van der Waals surface area contributed by atoms with Crippen LogP contribution in [-0.4, -0.2) is 28.0 Å². The number of aryl methyl sites for hydroxylation is 1. The molecule has 6 nitrogen and oxygen atoms in total. The van der Waals surface area contributed by atoms with E-state index >= 15 is 0 Å². The fourth-order valence-electron chi connectivity index (χ4n) is 2.03. The van der Waals surface area contributed by atoms with Crippen LogP contribution < -0.4 is 5.32 Å². The number of hydrogen-bond acceptors (Lipinski definition) is 4. The summed E-state index contributed by atoms with van der Waals surface area (Å²) in [7, 11) is 0. The molecular formula is C15H18N2O4. The molecule has 0 saturated carbocycles. The van der Waals surface area contributed by atoms with Gasteiger partial charge in [0, 0.05) is 11.8 Å². The van der Waals surface area contributed by atoms with Crippen LogP contribution in [-0.2, 0) is 4.79 Å². The van der Waals surface area contributed by atoms with E-state index in [1.165, 1.54) is 6.07 Å². The zero-order valence-corrected chi connectivity index (χ0v) is 12.2. The van der Waals surface area contributed by atoms with Crippen LogP contribution in [0.1, 0.15) is 36.5 Å². The highest BCUT2D eigenvalue weighted by molar-refractivity contribution is 5.97. The normalized spacial score (nSPS) is 13.9. The summed E-state index contributed by atoms with van der Waals surface area (Å²) in [5.74, 6) is -1.70. The average Bonchev–Trinajstić information content (AvgIpc) is 2.86. The van der Waals surface area contributed by atoms with Crippen molar-refractivity contribution in [2.24, 2.45) is 5.92 Å². The SMILES string of the molecule is CC[C@H](C)[C@H](NC(=O)c1cc2nc(C)ccc2o1)C(=O)O. The van der Waals surface area contributed by atoms with Crippen molar-refractivity contribution in [2.75, 3.05) is 0 Å². The van der Waals surface area contributed by atoms with Crippen molar-refractivity contribution < 1.29 is 19.1 Å². The van der Waals surface area contributed by atoms with Crippen LogP contribution in [0.2, 0.25) is 0 Å². The number of aromatic nitrogens is 1. The second-order valence-electron chi connectivity index (χ2n) is 5.12. The fourth-order valence-corrected chi connectivity index (χ4v) is 2.03. The first kappa shape index (κ1) is 15.0. The topological polar surface area (TPSA) is 92.4 Å². The number of carboxylic acid groups (broad SMARTS) is 1. The highest BCUT2D eigenvalue weighted by Crippen LogP contribution is 2.18. The Morgan fingerprint density at radius 2 is 2.14 bits per heavy atom. The minimum Gasteiger partial charge on any atom is -0.480 e. The Kier molecular flexibility index (Phi) is 4.26. The lowest BCUT2D eigenvalue weighted by Gasteiger charge is -2.19. The van der Waals surface area contributed by atoms with Crippen LogP contribution in [0.4, 0.5) is 0 Å². The number of rotatable bonds is 5. The van der Waals surface area contributed by atoms with Gasteiger partial charge in [-0.3, -0.25) is 4.79 Å². The number of carbonyl (C=O) groups excluding carboxylic acids is 1. The van der Waals surface area contributed by atoms with Gasteiger partial charge in [-0.1, -0.05) is 20.3 Å². The van der Waals surface area contributed by atoms with Gasteiger partial charge in [-0.05, 0) is 25.0 Å². The molecule has 2 heterocycles. The number of hydrogen-bond donors (Lipinski definition) is 2. The summed E-state index contributed by atoms with van der Waals surface area (Å²) in [4.78, 5) is 27.6. The zero-order valence-electron chi connectivity index (χ0n) is 12.2. The Balaban J connectivity index is 2.23. The molecule has 0 aromatic carbocycles. The molecule has 0 fully saturated rings. The van der Waals surface area contributed by atoms with Gasteiger partial charge >= 0.3 is 5.97 Å². The van der Waals surface area contributed by atoms with Crippen molar-refractivity contribution in [1.29, 1.82) is 0 Å². The maximum absolute atomic E-state index is 12.1. The first-order chi connectivity index (χ1) is 9.92. The lowest BCUT2D eigenvalue weighted by Crippen LogP contribution is -2.44. The Morgan fingerprint density at radius 3 is 2.76 bits per heavy atom. The molecular weight excluding hydrogens is 272 g/mol. The zero-order chi connectivity index (χ0) is 15.6. The minimum absolute atomic E-state index is 0.0673. The molecule has 2 aromatic heterocycles. The maximum atomic E-state index is 12.1. The third-order valence-electron chi connectivity index (χ3n) is 3.50. The number of nitrogens with one attached hydrogen (secondary N) is 1. The number of carbonyl (C=O) groups is 2. The van der Waals surface area contributed by atoms with Crippen LogP contribution >= 0.6 is 0 Å². The molecule has 0 saturated heterocycles. The van der Waals surface area contributed by atoms with E-state index in [1.807, 2.05) is 13.8 Å². The molecule has 21 heavy (non-hydrogen) atoms. The first-order valence-electron chi connectivity index (χ1n) is 6.83. The highest BCUT2D eigenvalue weighted by atomic mass is 16.4. The fraction of sp³-hybridized carbons (Fsp3) is 0.400. The van der Waals surface area contributed by atoms with Crippen LogP contribution in [0.15, 0.2) is 22.6 Å². The van der Waals surface area contributed by atoms with Crippen LogP contribution in [0.3, 0.4) is 0 Å². The molecule has 0 spiro atoms. The van der Waals surface area contributed by atoms with Gasteiger partial charge in [-0.25, -0.2) is 9.78 Å². The molecule has 0 radical (unpaired) electrons. The Labute approximate surface area is 122 Å². The molecule has 0 bridgehead atoms. The summed E-state index contributed by atoms with van der Waals surface area (Å²) >= 11 is 0. The van der Waals surface area contributed by atoms with Gasteiger partial charge in [0.25, 0.3) is 5.91 Å². The molecule has 2 rings (SSSR count). The van der Waals surface area contributed by atoms with E-state index in [0.29, 0.717) is 17.5 Å². The Hall–Kier alpha value is -2.37. The summed E-state index contributed by atoms with van der Waals surface area (Å²) in [6.07, 6.45) is 0.651. The number of furan rings is 1. The van der Waals surface area contributed by atoms with Gasteiger partial charge in [-0.15, -0.1) is 0 Å². The highest BCUT2D eigenvalue weighted by Gasteiger charge is 2.27. The molecule has 0 unspecified atom stereocenters. The predicted molar refractivity (Wildman–Crippen MR) is 77.1 cm³/mol. The molecule has 2 atom stereocenters. The maximum Gasteiger partial charge on any atom is 0.326 e. The van der Waals surface area contributed by atoms with Crippen molar-refractivity contribution >= 4 is 23.0 Å². The summed E-state index contributed by atoms with van der Waals surface area (Å²) in [6, 6.07) is 4.10. The summed E-state index contributed by atoms with van der Waals surface area (Å²) in [5.41, 5.74) is 1.90. The van der Waals surface area contributed by atoms with Crippen molar-refractivity contribution in [2.45, 2.75) is 33.2 Å². The van der Waals surface area contributed by atoms with Crippen molar-refractivity contribution in [3.63, 3.8) is 0 Å². The Morgan fingerprint density at radius 1 is 1.43 bits per heavy atom. The van der Waals surface area contributed by atoms with Gasteiger partial charge < -0.3 is 14.8 Å². The van der Waals surface area contributed by atoms with E-state index < -0.39 is 17.9 Å². The third kappa shape index (κ3) is 3.21. The number of amides is 1. The summed E-state index contributed by atoms with van der Waals surface area (Å²) < 4.78 is 5.41. The molecule has 112 valence electrons. The van der Waals surface area contributed by atoms with E-state index in [9.17, 15) is 14.7 Å². The molecule has 1 amide bonds. The second-order valence-corrected chi connectivity index (χ2v) is 5.12. The summed E-state index contributed by atoms with van der Waals surface area (Å²) in [5, 5.41) is 11.7. The van der Waals surface area contributed by atoms with Crippen molar-refractivity contribution in [3.05, 3.63) is 29.7 Å². The van der Waals surface area contributed by atoms with Gasteiger partial charge in [0.15, 0.2) is 11.3 Å². The minimum atomic E-state index is -1.05. The number of fused-ring (bicyclic) bond motifs is 1. The predicted octanol–water partition coefficient (Wildman–Crippen LogP) is 2.37. The average molecular weight is 290 g/mol. The second kappa shape index (κ2) is 5.95. The van der Waals surface area contributed by atoms with Gasteiger partial charge in [-0.2, -0.15) is 0 Å². The number of pyridine rings is 1. The van der Waals surface area contributed by atoms with Crippen molar-refractivity contribution in [1.82, 2.24) is 10.3 Å². The van der Waals surface area contributed by atoms with Crippen molar-refractivity contribution in [3.8, 4) is 0 Å².